The van der Waals surface area contributed by atoms with Crippen molar-refractivity contribution in [2.45, 2.75) is 37.2 Å². The molecule has 2 aromatic carbocycles. The molecule has 1 saturated heterocycles. The predicted octanol–water partition coefficient (Wildman–Crippen LogP) is 3.83. The number of rotatable bonds is 7. The number of piperidine rings is 1. The summed E-state index contributed by atoms with van der Waals surface area (Å²) < 4.78 is 32.6. The van der Waals surface area contributed by atoms with E-state index in [1.807, 2.05) is 0 Å². The molecule has 9 nitrogen and oxygen atoms in total. The fourth-order valence-electron chi connectivity index (χ4n) is 3.18. The summed E-state index contributed by atoms with van der Waals surface area (Å²) in [7, 11) is -3.63. The first-order chi connectivity index (χ1) is 14.7. The van der Waals surface area contributed by atoms with Crippen LogP contribution in [0.4, 0.5) is 11.4 Å². The molecule has 1 fully saturated rings. The molecular formula is C20H22ClN3O6S. The lowest BCUT2D eigenvalue weighted by atomic mass is 10.2. The van der Waals surface area contributed by atoms with Gasteiger partial charge in [-0.25, -0.2) is 8.42 Å². The average molecular weight is 468 g/mol. The quantitative estimate of drug-likeness (QED) is 0.488. The number of hydrogen-bond donors (Lipinski definition) is 1. The van der Waals surface area contributed by atoms with Gasteiger partial charge >= 0.3 is 0 Å². The van der Waals surface area contributed by atoms with Gasteiger partial charge < -0.3 is 10.1 Å². The second-order valence-corrected chi connectivity index (χ2v) is 9.46. The number of hydrogen-bond acceptors (Lipinski definition) is 6. The van der Waals surface area contributed by atoms with Crippen molar-refractivity contribution in [2.75, 3.05) is 18.4 Å². The van der Waals surface area contributed by atoms with Gasteiger partial charge in [0.2, 0.25) is 10.0 Å². The molecule has 1 amide bonds. The van der Waals surface area contributed by atoms with Gasteiger partial charge in [-0.2, -0.15) is 4.31 Å². The van der Waals surface area contributed by atoms with Gasteiger partial charge in [0.15, 0.2) is 6.10 Å². The first kappa shape index (κ1) is 23.0. The molecule has 1 aliphatic rings. The number of ether oxygens (including phenoxy) is 1. The normalized spacial score (nSPS) is 15.8. The molecule has 0 aliphatic carbocycles. The van der Waals surface area contributed by atoms with Gasteiger partial charge in [0.05, 0.1) is 14.8 Å². The Hall–Kier alpha value is -2.69. The number of amides is 1. The molecule has 2 aromatic rings. The van der Waals surface area contributed by atoms with E-state index in [1.54, 1.807) is 12.1 Å². The van der Waals surface area contributed by atoms with E-state index in [0.29, 0.717) is 18.8 Å². The molecule has 1 unspecified atom stereocenters. The highest BCUT2D eigenvalue weighted by Crippen LogP contribution is 2.29. The fraction of sp³-hybridized carbons (Fsp3) is 0.350. The number of non-ortho nitro benzene ring substituents is 1. The smallest absolute Gasteiger partial charge is 0.271 e. The third-order valence-corrected chi connectivity index (χ3v) is 7.04. The Morgan fingerprint density at radius 1 is 1.19 bits per heavy atom. The molecule has 0 radical (unpaired) electrons. The molecular weight excluding hydrogens is 446 g/mol. The number of anilines is 1. The van der Waals surface area contributed by atoms with Crippen LogP contribution in [0.3, 0.4) is 0 Å². The summed E-state index contributed by atoms with van der Waals surface area (Å²) in [6.07, 6.45) is 1.69. The van der Waals surface area contributed by atoms with Crippen molar-refractivity contribution < 1.29 is 22.9 Å². The fourth-order valence-corrected chi connectivity index (χ4v) is 4.96. The van der Waals surface area contributed by atoms with Crippen LogP contribution in [-0.4, -0.2) is 42.7 Å². The Morgan fingerprint density at radius 2 is 1.90 bits per heavy atom. The van der Waals surface area contributed by atoms with E-state index in [-0.39, 0.29) is 21.4 Å². The molecule has 1 heterocycles. The van der Waals surface area contributed by atoms with Crippen LogP contribution in [0.25, 0.3) is 0 Å². The number of nitrogens with zero attached hydrogens (tertiary/aromatic N) is 2. The number of sulfonamides is 1. The Balaban J connectivity index is 1.69. The topological polar surface area (TPSA) is 119 Å². The molecule has 0 saturated carbocycles. The van der Waals surface area contributed by atoms with Crippen molar-refractivity contribution in [2.24, 2.45) is 0 Å². The Morgan fingerprint density at radius 3 is 2.55 bits per heavy atom. The van der Waals surface area contributed by atoms with Crippen molar-refractivity contribution in [3.63, 3.8) is 0 Å². The molecule has 0 bridgehead atoms. The number of halogens is 1. The summed E-state index contributed by atoms with van der Waals surface area (Å²) in [6.45, 7) is 2.46. The summed E-state index contributed by atoms with van der Waals surface area (Å²) in [5.41, 5.74) is 0.120. The minimum absolute atomic E-state index is 0.00322. The SMILES string of the molecule is CC(Oc1ccc([N+](=O)[O-])cc1Cl)C(=O)Nc1cccc(S(=O)(=O)N2CCCCC2)c1. The van der Waals surface area contributed by atoms with E-state index in [1.165, 1.54) is 35.5 Å². The molecule has 0 aromatic heterocycles. The standard InChI is InChI=1S/C20H22ClN3O6S/c1-14(30-19-9-8-16(24(26)27)13-18(19)21)20(25)22-15-6-5-7-17(12-15)31(28,29)23-10-3-2-4-11-23/h5-9,12-14H,2-4,10-11H2,1H3,(H,22,25). The number of carbonyl (C=O) groups is 1. The van der Waals surface area contributed by atoms with E-state index in [9.17, 15) is 23.3 Å². The summed E-state index contributed by atoms with van der Waals surface area (Å²) in [5, 5.41) is 13.4. The first-order valence-electron chi connectivity index (χ1n) is 9.70. The van der Waals surface area contributed by atoms with E-state index >= 15 is 0 Å². The lowest BCUT2D eigenvalue weighted by Crippen LogP contribution is -2.35. The lowest BCUT2D eigenvalue weighted by molar-refractivity contribution is -0.384. The summed E-state index contributed by atoms with van der Waals surface area (Å²) in [4.78, 5) is 22.8. The van der Waals surface area contributed by atoms with E-state index in [4.69, 9.17) is 16.3 Å². The molecule has 11 heteroatoms. The maximum atomic E-state index is 12.8. The predicted molar refractivity (Wildman–Crippen MR) is 116 cm³/mol. The largest absolute Gasteiger partial charge is 0.479 e. The third-order valence-electron chi connectivity index (χ3n) is 4.85. The van der Waals surface area contributed by atoms with Crippen LogP contribution >= 0.6 is 11.6 Å². The van der Waals surface area contributed by atoms with E-state index in [2.05, 4.69) is 5.32 Å². The van der Waals surface area contributed by atoms with Gasteiger partial charge in [-0.1, -0.05) is 24.1 Å². The molecule has 1 aliphatic heterocycles. The van der Waals surface area contributed by atoms with Crippen LogP contribution in [0, 0.1) is 10.1 Å². The summed E-state index contributed by atoms with van der Waals surface area (Å²) in [5.74, 6) is -0.404. The van der Waals surface area contributed by atoms with Crippen LogP contribution in [0.1, 0.15) is 26.2 Å². The molecule has 1 N–H and O–H groups in total. The molecule has 0 spiro atoms. The van der Waals surface area contributed by atoms with Crippen LogP contribution in [0.15, 0.2) is 47.4 Å². The highest BCUT2D eigenvalue weighted by Gasteiger charge is 2.26. The van der Waals surface area contributed by atoms with Crippen LogP contribution < -0.4 is 10.1 Å². The van der Waals surface area contributed by atoms with Gasteiger partial charge in [0, 0.05) is 30.9 Å². The lowest BCUT2D eigenvalue weighted by Gasteiger charge is -2.26. The monoisotopic (exact) mass is 467 g/mol. The van der Waals surface area contributed by atoms with Crippen molar-refractivity contribution in [3.8, 4) is 5.75 Å². The van der Waals surface area contributed by atoms with Crippen molar-refractivity contribution in [1.29, 1.82) is 0 Å². The number of benzene rings is 2. The summed E-state index contributed by atoms with van der Waals surface area (Å²) >= 11 is 5.99. The zero-order chi connectivity index (χ0) is 22.6. The Labute approximate surface area is 185 Å². The van der Waals surface area contributed by atoms with Crippen molar-refractivity contribution >= 4 is 38.9 Å². The van der Waals surface area contributed by atoms with Gasteiger partial charge in [-0.15, -0.1) is 0 Å². The zero-order valence-electron chi connectivity index (χ0n) is 16.8. The van der Waals surface area contributed by atoms with Gasteiger partial charge in [-0.3, -0.25) is 14.9 Å². The summed E-state index contributed by atoms with van der Waals surface area (Å²) in [6, 6.07) is 9.72. The van der Waals surface area contributed by atoms with Crippen LogP contribution in [0.2, 0.25) is 5.02 Å². The molecule has 166 valence electrons. The van der Waals surface area contributed by atoms with Gasteiger partial charge in [0.1, 0.15) is 5.75 Å². The van der Waals surface area contributed by atoms with Crippen LogP contribution in [-0.2, 0) is 14.8 Å². The zero-order valence-corrected chi connectivity index (χ0v) is 18.4. The van der Waals surface area contributed by atoms with Crippen molar-refractivity contribution in [1.82, 2.24) is 4.31 Å². The maximum Gasteiger partial charge on any atom is 0.271 e. The van der Waals surface area contributed by atoms with Gasteiger partial charge in [0.25, 0.3) is 11.6 Å². The number of nitro benzene ring substituents is 1. The first-order valence-corrected chi connectivity index (χ1v) is 11.5. The average Bonchev–Trinajstić information content (AvgIpc) is 2.75. The second-order valence-electron chi connectivity index (χ2n) is 7.11. The van der Waals surface area contributed by atoms with E-state index < -0.39 is 27.0 Å². The highest BCUT2D eigenvalue weighted by atomic mass is 35.5. The molecule has 3 rings (SSSR count). The van der Waals surface area contributed by atoms with Gasteiger partial charge in [-0.05, 0) is 44.0 Å². The van der Waals surface area contributed by atoms with Crippen LogP contribution in [0.5, 0.6) is 5.75 Å². The molecule has 31 heavy (non-hydrogen) atoms. The number of nitro groups is 1. The third kappa shape index (κ3) is 5.52. The minimum atomic E-state index is -3.63. The number of carbonyl (C=O) groups excluding carboxylic acids is 1. The highest BCUT2D eigenvalue weighted by molar-refractivity contribution is 7.89. The Kier molecular flexibility index (Phi) is 7.14. The minimum Gasteiger partial charge on any atom is -0.479 e. The number of nitrogens with one attached hydrogen (secondary N) is 1. The second kappa shape index (κ2) is 9.63. The Bertz CT molecular complexity index is 1090. The van der Waals surface area contributed by atoms with E-state index in [0.717, 1.165) is 25.3 Å². The maximum absolute atomic E-state index is 12.8. The van der Waals surface area contributed by atoms with Crippen molar-refractivity contribution in [3.05, 3.63) is 57.6 Å². The molecule has 1 atom stereocenters.